The van der Waals surface area contributed by atoms with Crippen LogP contribution in [0.3, 0.4) is 0 Å². The van der Waals surface area contributed by atoms with Crippen LogP contribution in [0.4, 0.5) is 0 Å². The third kappa shape index (κ3) is 3.85. The van der Waals surface area contributed by atoms with Crippen LogP contribution in [-0.2, 0) is 11.9 Å². The Morgan fingerprint density at radius 3 is 2.71 bits per heavy atom. The third-order valence-electron chi connectivity index (χ3n) is 2.33. The molecular formula is C12H14BrN3S. The van der Waals surface area contributed by atoms with Crippen LogP contribution < -0.4 is 0 Å². The highest BCUT2D eigenvalue weighted by molar-refractivity contribution is 9.08. The highest BCUT2D eigenvalue weighted by Gasteiger charge is 1.99. The summed E-state index contributed by atoms with van der Waals surface area (Å²) >= 11 is 5.20. The lowest BCUT2D eigenvalue weighted by atomic mass is 10.2. The van der Waals surface area contributed by atoms with Crippen LogP contribution in [0.15, 0.2) is 35.4 Å². The van der Waals surface area contributed by atoms with Gasteiger partial charge in [-0.2, -0.15) is 0 Å². The first-order valence-corrected chi connectivity index (χ1v) is 7.53. The summed E-state index contributed by atoms with van der Waals surface area (Å²) < 4.78 is 1.89. The zero-order valence-corrected chi connectivity index (χ0v) is 12.0. The summed E-state index contributed by atoms with van der Waals surface area (Å²) in [5.41, 5.74) is 2.28. The Morgan fingerprint density at radius 2 is 2.06 bits per heavy atom. The number of alkyl halides is 1. The number of thioether (sulfide) groups is 1. The van der Waals surface area contributed by atoms with E-state index in [-0.39, 0.29) is 0 Å². The maximum atomic E-state index is 4.06. The summed E-state index contributed by atoms with van der Waals surface area (Å²) in [6, 6.07) is 8.60. The molecule has 5 heteroatoms. The summed E-state index contributed by atoms with van der Waals surface area (Å²) in [6.07, 6.45) is 1.98. The number of halogens is 1. The molecule has 0 aliphatic carbocycles. The number of nitrogens with zero attached hydrogens (tertiary/aromatic N) is 3. The zero-order valence-electron chi connectivity index (χ0n) is 9.64. The Kier molecular flexibility index (Phi) is 4.62. The van der Waals surface area contributed by atoms with Gasteiger partial charge in [0.2, 0.25) is 0 Å². The van der Waals surface area contributed by atoms with Crippen molar-refractivity contribution >= 4 is 27.7 Å². The molecule has 0 unspecified atom stereocenters. The normalized spacial score (nSPS) is 10.7. The van der Waals surface area contributed by atoms with Crippen molar-refractivity contribution in [3.63, 3.8) is 0 Å². The fraction of sp³-hybridized carbons (Fsp3) is 0.333. The Balaban J connectivity index is 1.81. The lowest BCUT2D eigenvalue weighted by molar-refractivity contribution is 0.632. The highest BCUT2D eigenvalue weighted by atomic mass is 79.9. The Morgan fingerprint density at radius 1 is 1.29 bits per heavy atom. The van der Waals surface area contributed by atoms with Crippen molar-refractivity contribution in [1.29, 1.82) is 0 Å². The highest BCUT2D eigenvalue weighted by Crippen LogP contribution is 2.18. The Bertz CT molecular complexity index is 467. The predicted molar refractivity (Wildman–Crippen MR) is 74.6 cm³/mol. The van der Waals surface area contributed by atoms with E-state index >= 15 is 0 Å². The van der Waals surface area contributed by atoms with Crippen molar-refractivity contribution < 1.29 is 0 Å². The van der Waals surface area contributed by atoms with E-state index in [1.165, 1.54) is 10.5 Å². The zero-order chi connectivity index (χ0) is 12.1. The van der Waals surface area contributed by atoms with Gasteiger partial charge in [-0.1, -0.05) is 38.8 Å². The Hall–Kier alpha value is -0.810. The van der Waals surface area contributed by atoms with Gasteiger partial charge in [0, 0.05) is 22.2 Å². The molecule has 1 heterocycles. The third-order valence-corrected chi connectivity index (χ3v) is 3.90. The Labute approximate surface area is 114 Å². The quantitative estimate of drug-likeness (QED) is 0.627. The van der Waals surface area contributed by atoms with Crippen LogP contribution in [0.1, 0.15) is 11.3 Å². The van der Waals surface area contributed by atoms with Gasteiger partial charge >= 0.3 is 0 Å². The molecule has 1 aromatic heterocycles. The number of benzene rings is 1. The monoisotopic (exact) mass is 311 g/mol. The number of hydrogen-bond acceptors (Lipinski definition) is 3. The number of aromatic nitrogens is 3. The van der Waals surface area contributed by atoms with E-state index in [1.807, 2.05) is 22.6 Å². The first-order valence-electron chi connectivity index (χ1n) is 5.42. The molecule has 0 bridgehead atoms. The molecule has 0 fully saturated rings. The van der Waals surface area contributed by atoms with Crippen molar-refractivity contribution in [3.05, 3.63) is 41.7 Å². The maximum absolute atomic E-state index is 4.06. The summed E-state index contributed by atoms with van der Waals surface area (Å²) in [5, 5.41) is 8.85. The number of aryl methyl sites for hydroxylation is 2. The smallest absolute Gasteiger partial charge is 0.0932 e. The minimum atomic E-state index is 0.762. The molecule has 0 radical (unpaired) electrons. The van der Waals surface area contributed by atoms with Gasteiger partial charge in [-0.05, 0) is 19.1 Å². The number of rotatable bonds is 5. The molecule has 2 aromatic rings. The van der Waals surface area contributed by atoms with Crippen molar-refractivity contribution in [1.82, 2.24) is 15.0 Å². The molecule has 90 valence electrons. The molecule has 0 amide bonds. The molecule has 0 aliphatic heterocycles. The summed E-state index contributed by atoms with van der Waals surface area (Å²) in [5.74, 6) is 1.01. The number of hydrogen-bond donors (Lipinski definition) is 0. The molecule has 0 saturated carbocycles. The molecular weight excluding hydrogens is 298 g/mol. The van der Waals surface area contributed by atoms with E-state index in [9.17, 15) is 0 Å². The van der Waals surface area contributed by atoms with Crippen molar-refractivity contribution in [2.75, 3.05) is 5.75 Å². The first-order chi connectivity index (χ1) is 8.28. The van der Waals surface area contributed by atoms with Gasteiger partial charge in [0.1, 0.15) is 0 Å². The van der Waals surface area contributed by atoms with E-state index < -0.39 is 0 Å². The topological polar surface area (TPSA) is 30.7 Å². The molecule has 3 nitrogen and oxygen atoms in total. The molecule has 0 saturated heterocycles. The summed E-state index contributed by atoms with van der Waals surface area (Å²) in [6.45, 7) is 2.99. The fourth-order valence-corrected chi connectivity index (χ4v) is 2.50. The molecule has 0 atom stereocenters. The standard InChI is InChI=1S/C12H14BrN3S/c1-10-2-4-12(5-3-10)17-7-6-16-9-11(8-13)14-15-16/h2-5,9H,6-8H2,1H3. The van der Waals surface area contributed by atoms with Gasteiger partial charge in [-0.15, -0.1) is 16.9 Å². The van der Waals surface area contributed by atoms with Crippen LogP contribution in [0.5, 0.6) is 0 Å². The van der Waals surface area contributed by atoms with Gasteiger partial charge in [-0.3, -0.25) is 4.68 Å². The second-order valence-corrected chi connectivity index (χ2v) is 5.50. The minimum absolute atomic E-state index is 0.762. The van der Waals surface area contributed by atoms with E-state index in [4.69, 9.17) is 0 Å². The van der Waals surface area contributed by atoms with Crippen LogP contribution >= 0.6 is 27.7 Å². The summed E-state index contributed by atoms with van der Waals surface area (Å²) in [4.78, 5) is 1.30. The fourth-order valence-electron chi connectivity index (χ4n) is 1.40. The van der Waals surface area contributed by atoms with E-state index in [0.29, 0.717) is 0 Å². The van der Waals surface area contributed by atoms with E-state index in [2.05, 4.69) is 57.4 Å². The molecule has 0 spiro atoms. The molecule has 1 aromatic carbocycles. The van der Waals surface area contributed by atoms with Gasteiger partial charge in [0.15, 0.2) is 0 Å². The van der Waals surface area contributed by atoms with E-state index in [0.717, 1.165) is 23.3 Å². The lowest BCUT2D eigenvalue weighted by Gasteiger charge is -2.02. The van der Waals surface area contributed by atoms with Gasteiger partial charge in [0.05, 0.1) is 12.2 Å². The first kappa shape index (κ1) is 12.6. The summed E-state index contributed by atoms with van der Waals surface area (Å²) in [7, 11) is 0. The maximum Gasteiger partial charge on any atom is 0.0932 e. The minimum Gasteiger partial charge on any atom is -0.251 e. The predicted octanol–water partition coefficient (Wildman–Crippen LogP) is 3.27. The van der Waals surface area contributed by atoms with Gasteiger partial charge < -0.3 is 0 Å². The molecule has 0 N–H and O–H groups in total. The van der Waals surface area contributed by atoms with Gasteiger partial charge in [-0.25, -0.2) is 0 Å². The molecule has 0 aliphatic rings. The second kappa shape index (κ2) is 6.21. The SMILES string of the molecule is Cc1ccc(SCCn2cc(CBr)nn2)cc1. The van der Waals surface area contributed by atoms with Crippen LogP contribution in [0, 0.1) is 6.92 Å². The van der Waals surface area contributed by atoms with Crippen LogP contribution in [0.25, 0.3) is 0 Å². The molecule has 2 rings (SSSR count). The van der Waals surface area contributed by atoms with Crippen LogP contribution in [0.2, 0.25) is 0 Å². The van der Waals surface area contributed by atoms with E-state index in [1.54, 1.807) is 0 Å². The van der Waals surface area contributed by atoms with Crippen LogP contribution in [-0.4, -0.2) is 20.7 Å². The second-order valence-electron chi connectivity index (χ2n) is 3.77. The van der Waals surface area contributed by atoms with Gasteiger partial charge in [0.25, 0.3) is 0 Å². The van der Waals surface area contributed by atoms with Crippen molar-refractivity contribution in [2.45, 2.75) is 23.7 Å². The average molecular weight is 312 g/mol. The van der Waals surface area contributed by atoms with Crippen molar-refractivity contribution in [3.8, 4) is 0 Å². The molecule has 17 heavy (non-hydrogen) atoms. The average Bonchev–Trinajstić information content (AvgIpc) is 2.80. The largest absolute Gasteiger partial charge is 0.251 e. The lowest BCUT2D eigenvalue weighted by Crippen LogP contribution is -2.00. The van der Waals surface area contributed by atoms with Crippen molar-refractivity contribution in [2.24, 2.45) is 0 Å².